The fraction of sp³-hybridized carbons (Fsp3) is 0.653. The highest BCUT2D eigenvalue weighted by molar-refractivity contribution is 5.83. The number of nitrogens with two attached hydrogens (primary N) is 1. The molecule has 0 radical (unpaired) electrons. The van der Waals surface area contributed by atoms with Gasteiger partial charge in [0.15, 0.2) is 0 Å². The second-order valence-corrected chi connectivity index (χ2v) is 14.7. The first-order chi connectivity index (χ1) is 27.4. The third-order valence-corrected chi connectivity index (χ3v) is 9.46. The first-order valence-corrected chi connectivity index (χ1v) is 22.4. The molecule has 0 aliphatic rings. The van der Waals surface area contributed by atoms with Crippen molar-refractivity contribution in [1.29, 1.82) is 0 Å². The van der Waals surface area contributed by atoms with Gasteiger partial charge >= 0.3 is 11.9 Å². The highest BCUT2D eigenvalue weighted by Crippen LogP contribution is 2.17. The topological polar surface area (TPSA) is 119 Å². The van der Waals surface area contributed by atoms with Crippen LogP contribution in [0.4, 0.5) is 0 Å². The van der Waals surface area contributed by atoms with Crippen LogP contribution in [-0.4, -0.2) is 41.6 Å². The molecule has 7 nitrogen and oxygen atoms in total. The number of nitrogens with one attached hydrogen (secondary N) is 1. The number of carbonyl (C=O) groups is 3. The van der Waals surface area contributed by atoms with Gasteiger partial charge in [0.05, 0.1) is 0 Å². The van der Waals surface area contributed by atoms with Crippen molar-refractivity contribution < 1.29 is 24.2 Å². The summed E-state index contributed by atoms with van der Waals surface area (Å²) in [6.07, 6.45) is 56.3. The Kier molecular flexibility index (Phi) is 40.1. The van der Waals surface area contributed by atoms with Crippen LogP contribution in [0, 0.1) is 0 Å². The Labute approximate surface area is 343 Å². The number of carbonyl (C=O) groups excluding carboxylic acids is 2. The van der Waals surface area contributed by atoms with Crippen LogP contribution in [0.3, 0.4) is 0 Å². The van der Waals surface area contributed by atoms with Gasteiger partial charge in [-0.1, -0.05) is 150 Å². The number of rotatable bonds is 39. The molecule has 0 aliphatic carbocycles. The molecule has 4 N–H and O–H groups in total. The molecule has 2 unspecified atom stereocenters. The van der Waals surface area contributed by atoms with E-state index in [1.807, 2.05) is 0 Å². The molecule has 56 heavy (non-hydrogen) atoms. The number of hydrogen-bond acceptors (Lipinski definition) is 5. The predicted octanol–water partition coefficient (Wildman–Crippen LogP) is 12.9. The van der Waals surface area contributed by atoms with E-state index in [2.05, 4.69) is 104 Å². The van der Waals surface area contributed by atoms with Gasteiger partial charge in [-0.15, -0.1) is 0 Å². The van der Waals surface area contributed by atoms with Gasteiger partial charge in [-0.2, -0.15) is 0 Å². The van der Waals surface area contributed by atoms with Gasteiger partial charge in [-0.25, -0.2) is 4.79 Å². The molecule has 0 aromatic rings. The molecule has 0 spiro atoms. The second-order valence-electron chi connectivity index (χ2n) is 14.7. The van der Waals surface area contributed by atoms with Crippen molar-refractivity contribution in [2.45, 2.75) is 199 Å². The average molecular weight is 779 g/mol. The summed E-state index contributed by atoms with van der Waals surface area (Å²) in [6, 6.07) is -0.869. The number of amides is 1. The summed E-state index contributed by atoms with van der Waals surface area (Å²) < 4.78 is 6.01. The van der Waals surface area contributed by atoms with Crippen molar-refractivity contribution in [3.63, 3.8) is 0 Å². The van der Waals surface area contributed by atoms with E-state index in [-0.39, 0.29) is 18.0 Å². The zero-order valence-electron chi connectivity index (χ0n) is 35.7. The smallest absolute Gasteiger partial charge is 0.326 e. The van der Waals surface area contributed by atoms with Gasteiger partial charge in [-0.05, 0) is 116 Å². The van der Waals surface area contributed by atoms with Crippen LogP contribution >= 0.6 is 0 Å². The van der Waals surface area contributed by atoms with Crippen molar-refractivity contribution in [2.75, 3.05) is 6.54 Å². The predicted molar refractivity (Wildman–Crippen MR) is 238 cm³/mol. The van der Waals surface area contributed by atoms with E-state index < -0.39 is 12.0 Å². The molecular weight excluding hydrogens is 697 g/mol. The third-order valence-electron chi connectivity index (χ3n) is 9.46. The number of ether oxygens (including phenoxy) is 1. The molecule has 0 rings (SSSR count). The number of esters is 1. The summed E-state index contributed by atoms with van der Waals surface area (Å²) in [4.78, 5) is 36.4. The minimum atomic E-state index is -1.01. The van der Waals surface area contributed by atoms with Crippen molar-refractivity contribution in [3.05, 3.63) is 85.1 Å². The Morgan fingerprint density at radius 2 is 0.964 bits per heavy atom. The number of carboxylic acid groups (broad SMARTS) is 1. The molecule has 2 atom stereocenters. The number of carboxylic acids is 1. The van der Waals surface area contributed by atoms with Crippen molar-refractivity contribution >= 4 is 17.8 Å². The molecule has 0 fully saturated rings. The lowest BCUT2D eigenvalue weighted by Crippen LogP contribution is -2.40. The van der Waals surface area contributed by atoms with E-state index in [1.54, 1.807) is 0 Å². The highest BCUT2D eigenvalue weighted by Gasteiger charge is 2.19. The van der Waals surface area contributed by atoms with Gasteiger partial charge in [0.25, 0.3) is 0 Å². The zero-order valence-corrected chi connectivity index (χ0v) is 35.7. The first-order valence-electron chi connectivity index (χ1n) is 22.4. The largest absolute Gasteiger partial charge is 0.480 e. The molecule has 0 aliphatic heterocycles. The SMILES string of the molecule is CC/C=C\C/C=C\C/C=C\C/C=C\CCC(CCCCCCCC(=O)NC(CCCN)C(=O)O)OC(=O)CCCCCCCCC/C=C\C/C=C\C/C=C\CC. The number of hydrogen-bond donors (Lipinski definition) is 3. The van der Waals surface area contributed by atoms with E-state index >= 15 is 0 Å². The molecule has 0 saturated heterocycles. The average Bonchev–Trinajstić information content (AvgIpc) is 3.18. The fourth-order valence-electron chi connectivity index (χ4n) is 6.16. The molecular formula is C49H82N2O5. The quantitative estimate of drug-likeness (QED) is 0.0325. The van der Waals surface area contributed by atoms with E-state index in [9.17, 15) is 19.5 Å². The van der Waals surface area contributed by atoms with Crippen molar-refractivity contribution in [2.24, 2.45) is 5.73 Å². The van der Waals surface area contributed by atoms with Crippen LogP contribution in [0.25, 0.3) is 0 Å². The van der Waals surface area contributed by atoms with Gasteiger partial charge in [0.1, 0.15) is 12.1 Å². The summed E-state index contributed by atoms with van der Waals surface area (Å²) in [6.45, 7) is 4.71. The highest BCUT2D eigenvalue weighted by atomic mass is 16.5. The Morgan fingerprint density at radius 3 is 1.48 bits per heavy atom. The lowest BCUT2D eigenvalue weighted by Gasteiger charge is -2.17. The van der Waals surface area contributed by atoms with E-state index in [0.29, 0.717) is 32.2 Å². The van der Waals surface area contributed by atoms with Crippen LogP contribution in [0.1, 0.15) is 187 Å². The maximum atomic E-state index is 12.8. The van der Waals surface area contributed by atoms with Crippen LogP contribution in [0.2, 0.25) is 0 Å². The lowest BCUT2D eigenvalue weighted by atomic mass is 10.0. The van der Waals surface area contributed by atoms with Crippen LogP contribution in [-0.2, 0) is 19.1 Å². The molecule has 0 aromatic heterocycles. The van der Waals surface area contributed by atoms with E-state index in [1.165, 1.54) is 32.1 Å². The number of aliphatic carboxylic acids is 1. The fourth-order valence-corrected chi connectivity index (χ4v) is 6.16. The molecule has 1 amide bonds. The lowest BCUT2D eigenvalue weighted by molar-refractivity contribution is -0.150. The van der Waals surface area contributed by atoms with Gasteiger partial charge in [-0.3, -0.25) is 9.59 Å². The Hall–Kier alpha value is -3.45. The molecule has 0 heterocycles. The normalized spacial score (nSPS) is 13.5. The summed E-state index contributed by atoms with van der Waals surface area (Å²) in [5.74, 6) is -1.30. The third kappa shape index (κ3) is 38.8. The Bertz CT molecular complexity index is 1150. The van der Waals surface area contributed by atoms with Gasteiger partial charge in [0.2, 0.25) is 5.91 Å². The summed E-state index contributed by atoms with van der Waals surface area (Å²) in [5, 5.41) is 11.9. The van der Waals surface area contributed by atoms with Crippen LogP contribution < -0.4 is 11.1 Å². The minimum absolute atomic E-state index is 0.0728. The maximum Gasteiger partial charge on any atom is 0.326 e. The number of allylic oxidation sites excluding steroid dienone is 14. The van der Waals surface area contributed by atoms with Gasteiger partial charge < -0.3 is 20.9 Å². The van der Waals surface area contributed by atoms with Crippen LogP contribution in [0.5, 0.6) is 0 Å². The van der Waals surface area contributed by atoms with Gasteiger partial charge in [0, 0.05) is 12.8 Å². The maximum absolute atomic E-state index is 12.8. The van der Waals surface area contributed by atoms with E-state index in [0.717, 1.165) is 116 Å². The van der Waals surface area contributed by atoms with Crippen LogP contribution in [0.15, 0.2) is 85.1 Å². The first kappa shape index (κ1) is 52.6. The molecule has 318 valence electrons. The monoisotopic (exact) mass is 779 g/mol. The zero-order chi connectivity index (χ0) is 41.0. The summed E-state index contributed by atoms with van der Waals surface area (Å²) in [7, 11) is 0. The van der Waals surface area contributed by atoms with E-state index in [4.69, 9.17) is 10.5 Å². The Balaban J connectivity index is 4.45. The molecule has 0 saturated carbocycles. The molecule has 0 aromatic carbocycles. The summed E-state index contributed by atoms with van der Waals surface area (Å²) >= 11 is 0. The standard InChI is InChI=1S/C49H82N2O5/c1-3-5-7-9-11-13-15-17-18-19-20-22-24-26-28-33-37-43-48(53)56-45(39-34-30-27-25-23-21-16-14-12-10-8-6-4-2)40-35-31-29-32-36-42-47(52)51-46(49(54)55)41-38-44-50/h5-8,11-14,17-18,21,23,27,30,45-46H,3-4,9-10,15-16,19-20,22,24-26,28-29,31-44,50H2,1-2H3,(H,51,52)(H,54,55)/b7-5-,8-6-,13-11-,14-12-,18-17-,23-21-,30-27-. The Morgan fingerprint density at radius 1 is 0.518 bits per heavy atom. The summed E-state index contributed by atoms with van der Waals surface area (Å²) in [5.41, 5.74) is 5.49. The minimum Gasteiger partial charge on any atom is -0.480 e. The number of unbranched alkanes of at least 4 members (excludes halogenated alkanes) is 11. The molecule has 7 heteroatoms. The molecule has 0 bridgehead atoms. The second kappa shape index (κ2) is 42.7. The van der Waals surface area contributed by atoms with Crippen molar-refractivity contribution in [1.82, 2.24) is 5.32 Å². The van der Waals surface area contributed by atoms with Crippen molar-refractivity contribution in [3.8, 4) is 0 Å².